The number of nitrogens with zero attached hydrogens (tertiary/aromatic N) is 2. The number of aromatic nitrogens is 2. The Morgan fingerprint density at radius 2 is 2.24 bits per heavy atom. The van der Waals surface area contributed by atoms with Crippen LogP contribution in [0.2, 0.25) is 0 Å². The molecule has 1 aromatic heterocycles. The van der Waals surface area contributed by atoms with E-state index in [4.69, 9.17) is 4.74 Å². The summed E-state index contributed by atoms with van der Waals surface area (Å²) in [6.45, 7) is 3.04. The lowest BCUT2D eigenvalue weighted by molar-refractivity contribution is 0.182. The molecule has 0 aliphatic rings. The van der Waals surface area contributed by atoms with Gasteiger partial charge in [-0.3, -0.25) is 4.68 Å². The molecule has 0 aliphatic carbocycles. The van der Waals surface area contributed by atoms with Crippen molar-refractivity contribution in [2.75, 3.05) is 20.8 Å². The fourth-order valence-corrected chi connectivity index (χ4v) is 2.85. The van der Waals surface area contributed by atoms with Crippen molar-refractivity contribution in [3.8, 4) is 0 Å². The minimum absolute atomic E-state index is 0.222. The molecule has 1 N–H and O–H groups in total. The summed E-state index contributed by atoms with van der Waals surface area (Å²) in [7, 11) is 3.46. The maximum Gasteiger partial charge on any atom is 0.128 e. The summed E-state index contributed by atoms with van der Waals surface area (Å²) in [6.07, 6.45) is 1.72. The average molecular weight is 356 g/mol. The molecule has 0 fully saturated rings. The molecular weight excluding hydrogens is 337 g/mol. The van der Waals surface area contributed by atoms with E-state index in [2.05, 4.69) is 26.3 Å². The Bertz CT molecular complexity index is 615. The number of ether oxygens (including phenoxy) is 1. The van der Waals surface area contributed by atoms with E-state index in [1.807, 2.05) is 30.8 Å². The normalized spacial score (nSPS) is 12.6. The fourth-order valence-electron chi connectivity index (χ4n) is 2.32. The van der Waals surface area contributed by atoms with Crippen molar-refractivity contribution in [3.63, 3.8) is 0 Å². The lowest BCUT2D eigenvalue weighted by Gasteiger charge is -2.20. The van der Waals surface area contributed by atoms with Crippen LogP contribution >= 0.6 is 15.9 Å². The third-order valence-corrected chi connectivity index (χ3v) is 3.98. The molecule has 0 saturated carbocycles. The first-order valence-electron chi connectivity index (χ1n) is 6.72. The minimum atomic E-state index is -0.278. The van der Waals surface area contributed by atoms with E-state index in [1.54, 1.807) is 19.4 Å². The van der Waals surface area contributed by atoms with Crippen LogP contribution in [0.25, 0.3) is 0 Å². The van der Waals surface area contributed by atoms with Crippen LogP contribution in [-0.2, 0) is 11.3 Å². The van der Waals surface area contributed by atoms with E-state index in [1.165, 1.54) is 0 Å². The summed E-state index contributed by atoms with van der Waals surface area (Å²) < 4.78 is 22.1. The van der Waals surface area contributed by atoms with Crippen LogP contribution in [0.1, 0.15) is 22.9 Å². The van der Waals surface area contributed by atoms with Gasteiger partial charge in [0.05, 0.1) is 35.6 Å². The fraction of sp³-hybridized carbons (Fsp3) is 0.400. The van der Waals surface area contributed by atoms with Crippen LogP contribution in [0, 0.1) is 12.7 Å². The highest BCUT2D eigenvalue weighted by atomic mass is 79.9. The summed E-state index contributed by atoms with van der Waals surface area (Å²) in [5.41, 5.74) is 2.39. The molecule has 0 radical (unpaired) electrons. The predicted octanol–water partition coefficient (Wildman–Crippen LogP) is 3.05. The molecule has 1 aromatic carbocycles. The smallest absolute Gasteiger partial charge is 0.128 e. The number of methoxy groups -OCH3 is 1. The average Bonchev–Trinajstić information content (AvgIpc) is 2.81. The van der Waals surface area contributed by atoms with Gasteiger partial charge >= 0.3 is 0 Å². The van der Waals surface area contributed by atoms with Gasteiger partial charge in [-0.25, -0.2) is 4.39 Å². The van der Waals surface area contributed by atoms with Crippen molar-refractivity contribution in [2.45, 2.75) is 19.5 Å². The molecule has 0 spiro atoms. The Hall–Kier alpha value is -1.24. The molecule has 2 aromatic rings. The van der Waals surface area contributed by atoms with E-state index in [9.17, 15) is 4.39 Å². The molecular formula is C15H19BrFN3O. The third-order valence-electron chi connectivity index (χ3n) is 3.37. The zero-order chi connectivity index (χ0) is 15.4. The Balaban J connectivity index is 2.43. The molecule has 1 atom stereocenters. The number of hydrogen-bond acceptors (Lipinski definition) is 3. The number of nitrogens with one attached hydrogen (secondary N) is 1. The molecule has 0 bridgehead atoms. The van der Waals surface area contributed by atoms with Gasteiger partial charge in [-0.1, -0.05) is 12.1 Å². The van der Waals surface area contributed by atoms with E-state index >= 15 is 0 Å². The Labute approximate surface area is 132 Å². The molecule has 2 rings (SSSR count). The first kappa shape index (κ1) is 16.1. The lowest BCUT2D eigenvalue weighted by Crippen LogP contribution is -2.24. The summed E-state index contributed by atoms with van der Waals surface area (Å²) in [5.74, 6) is -0.222. The zero-order valence-electron chi connectivity index (χ0n) is 12.4. The molecule has 114 valence electrons. The molecule has 0 amide bonds. The molecule has 1 heterocycles. The van der Waals surface area contributed by atoms with E-state index in [0.29, 0.717) is 18.7 Å². The highest BCUT2D eigenvalue weighted by molar-refractivity contribution is 9.10. The Morgan fingerprint density at radius 3 is 2.86 bits per heavy atom. The first-order chi connectivity index (χ1) is 10.1. The second kappa shape index (κ2) is 7.15. The van der Waals surface area contributed by atoms with Crippen molar-refractivity contribution in [1.82, 2.24) is 15.1 Å². The van der Waals surface area contributed by atoms with E-state index in [-0.39, 0.29) is 11.9 Å². The topological polar surface area (TPSA) is 39.1 Å². The monoisotopic (exact) mass is 355 g/mol. The molecule has 0 aliphatic heterocycles. The zero-order valence-corrected chi connectivity index (χ0v) is 13.9. The van der Waals surface area contributed by atoms with Crippen LogP contribution < -0.4 is 5.32 Å². The van der Waals surface area contributed by atoms with Gasteiger partial charge in [-0.05, 0) is 41.5 Å². The predicted molar refractivity (Wildman–Crippen MR) is 83.8 cm³/mol. The molecule has 0 saturated heterocycles. The van der Waals surface area contributed by atoms with Gasteiger partial charge in [0.25, 0.3) is 0 Å². The summed E-state index contributed by atoms with van der Waals surface area (Å²) in [5, 5.41) is 7.49. The van der Waals surface area contributed by atoms with Gasteiger partial charge in [-0.15, -0.1) is 0 Å². The third kappa shape index (κ3) is 3.51. The number of aryl methyl sites for hydroxylation is 1. The quantitative estimate of drug-likeness (QED) is 0.865. The molecule has 21 heavy (non-hydrogen) atoms. The van der Waals surface area contributed by atoms with Crippen molar-refractivity contribution >= 4 is 15.9 Å². The second-order valence-corrected chi connectivity index (χ2v) is 5.69. The van der Waals surface area contributed by atoms with Gasteiger partial charge in [0, 0.05) is 12.7 Å². The summed E-state index contributed by atoms with van der Waals surface area (Å²) in [6, 6.07) is 4.99. The van der Waals surface area contributed by atoms with Crippen LogP contribution in [0.15, 0.2) is 28.9 Å². The highest BCUT2D eigenvalue weighted by Gasteiger charge is 2.23. The molecule has 4 nitrogen and oxygen atoms in total. The van der Waals surface area contributed by atoms with Gasteiger partial charge in [0.1, 0.15) is 5.82 Å². The standard InChI is InChI=1S/C15H19BrFN3O/c1-10-4-5-11(13(17)8-10)14(18-2)15-12(16)9-19-20(15)6-7-21-3/h4-5,8-9,14,18H,6-7H2,1-3H3. The van der Waals surface area contributed by atoms with Gasteiger partial charge in [0.2, 0.25) is 0 Å². The van der Waals surface area contributed by atoms with Gasteiger partial charge < -0.3 is 10.1 Å². The molecule has 1 unspecified atom stereocenters. The maximum absolute atomic E-state index is 14.3. The number of rotatable bonds is 6. The minimum Gasteiger partial charge on any atom is -0.383 e. The largest absolute Gasteiger partial charge is 0.383 e. The van der Waals surface area contributed by atoms with Crippen LogP contribution in [0.5, 0.6) is 0 Å². The van der Waals surface area contributed by atoms with Crippen molar-refractivity contribution in [2.24, 2.45) is 0 Å². The maximum atomic E-state index is 14.3. The highest BCUT2D eigenvalue weighted by Crippen LogP contribution is 2.30. The van der Waals surface area contributed by atoms with Crippen molar-refractivity contribution < 1.29 is 9.13 Å². The van der Waals surface area contributed by atoms with Crippen LogP contribution in [-0.4, -0.2) is 30.5 Å². The first-order valence-corrected chi connectivity index (χ1v) is 7.51. The second-order valence-electron chi connectivity index (χ2n) is 4.84. The van der Waals surface area contributed by atoms with Gasteiger partial charge in [-0.2, -0.15) is 5.10 Å². The van der Waals surface area contributed by atoms with Gasteiger partial charge in [0.15, 0.2) is 0 Å². The van der Waals surface area contributed by atoms with E-state index in [0.717, 1.165) is 15.7 Å². The summed E-state index contributed by atoms with van der Waals surface area (Å²) >= 11 is 3.50. The number of hydrogen-bond donors (Lipinski definition) is 1. The number of benzene rings is 1. The van der Waals surface area contributed by atoms with Crippen molar-refractivity contribution in [1.29, 1.82) is 0 Å². The number of halogens is 2. The van der Waals surface area contributed by atoms with E-state index < -0.39 is 0 Å². The lowest BCUT2D eigenvalue weighted by atomic mass is 10.0. The Morgan fingerprint density at radius 1 is 1.48 bits per heavy atom. The SMILES string of the molecule is CNC(c1ccc(C)cc1F)c1c(Br)cnn1CCOC. The Kier molecular flexibility index (Phi) is 5.50. The van der Waals surface area contributed by atoms with Crippen LogP contribution in [0.4, 0.5) is 4.39 Å². The van der Waals surface area contributed by atoms with Crippen molar-refractivity contribution in [3.05, 3.63) is 51.5 Å². The summed E-state index contributed by atoms with van der Waals surface area (Å²) in [4.78, 5) is 0. The van der Waals surface area contributed by atoms with Crippen LogP contribution in [0.3, 0.4) is 0 Å². The molecule has 6 heteroatoms.